The van der Waals surface area contributed by atoms with Crippen molar-refractivity contribution in [3.05, 3.63) is 36.0 Å². The summed E-state index contributed by atoms with van der Waals surface area (Å²) in [5, 5.41) is 1.39. The van der Waals surface area contributed by atoms with Crippen LogP contribution in [0.4, 0.5) is 0 Å². The lowest BCUT2D eigenvalue weighted by molar-refractivity contribution is 0.0739. The number of ether oxygens (including phenoxy) is 1. The third-order valence-electron chi connectivity index (χ3n) is 4.86. The maximum atomic E-state index is 5.56. The maximum absolute atomic E-state index is 5.56. The molecule has 1 N–H and O–H groups in total. The van der Waals surface area contributed by atoms with Crippen molar-refractivity contribution in [2.45, 2.75) is 32.6 Å². The summed E-state index contributed by atoms with van der Waals surface area (Å²) in [4.78, 5) is 6.00. The van der Waals surface area contributed by atoms with E-state index in [0.29, 0.717) is 0 Å². The Balaban J connectivity index is 1.41. The number of hydrogen-bond donors (Lipinski definition) is 1. The van der Waals surface area contributed by atoms with Crippen molar-refractivity contribution in [3.63, 3.8) is 0 Å². The number of likely N-dealkylation sites (tertiary alicyclic amines) is 1. The highest BCUT2D eigenvalue weighted by atomic mass is 16.5. The van der Waals surface area contributed by atoms with Crippen LogP contribution in [0.3, 0.4) is 0 Å². The summed E-state index contributed by atoms with van der Waals surface area (Å²) in [7, 11) is 0. The van der Waals surface area contributed by atoms with Gasteiger partial charge in [-0.15, -0.1) is 0 Å². The van der Waals surface area contributed by atoms with E-state index in [1.54, 1.807) is 0 Å². The second-order valence-corrected chi connectivity index (χ2v) is 6.41. The zero-order valence-corrected chi connectivity index (χ0v) is 13.7. The van der Waals surface area contributed by atoms with E-state index < -0.39 is 0 Å². The quantitative estimate of drug-likeness (QED) is 0.841. The monoisotopic (exact) mass is 300 g/mol. The van der Waals surface area contributed by atoms with Gasteiger partial charge in [-0.05, 0) is 69.8 Å². The zero-order valence-electron chi connectivity index (χ0n) is 13.7. The van der Waals surface area contributed by atoms with Crippen molar-refractivity contribution in [1.82, 2.24) is 9.88 Å². The molecule has 2 aromatic rings. The van der Waals surface area contributed by atoms with E-state index in [9.17, 15) is 0 Å². The topological polar surface area (TPSA) is 28.3 Å². The molecule has 120 valence electrons. The largest absolute Gasteiger partial charge is 0.381 e. The second-order valence-electron chi connectivity index (χ2n) is 6.41. The second kappa shape index (κ2) is 7.80. The van der Waals surface area contributed by atoms with Gasteiger partial charge in [0.2, 0.25) is 0 Å². The molecule has 1 aliphatic rings. The Kier molecular flexibility index (Phi) is 5.52. The van der Waals surface area contributed by atoms with Gasteiger partial charge in [0.15, 0.2) is 0 Å². The van der Waals surface area contributed by atoms with Crippen molar-refractivity contribution in [2.24, 2.45) is 5.92 Å². The third-order valence-corrected chi connectivity index (χ3v) is 4.86. The van der Waals surface area contributed by atoms with Gasteiger partial charge in [-0.3, -0.25) is 0 Å². The summed E-state index contributed by atoms with van der Waals surface area (Å²) in [6.45, 7) is 7.60. The highest BCUT2D eigenvalue weighted by Crippen LogP contribution is 2.21. The fourth-order valence-electron chi connectivity index (χ4n) is 3.49. The Morgan fingerprint density at radius 3 is 2.86 bits per heavy atom. The summed E-state index contributed by atoms with van der Waals surface area (Å²) in [5.74, 6) is 0.782. The first-order valence-electron chi connectivity index (χ1n) is 8.72. The Labute approximate surface area is 133 Å². The van der Waals surface area contributed by atoms with Crippen LogP contribution in [0.2, 0.25) is 0 Å². The minimum absolute atomic E-state index is 0.782. The molecule has 1 aliphatic heterocycles. The van der Waals surface area contributed by atoms with Crippen molar-refractivity contribution < 1.29 is 4.74 Å². The fourth-order valence-corrected chi connectivity index (χ4v) is 3.49. The minimum atomic E-state index is 0.782. The number of benzene rings is 1. The molecule has 0 radical (unpaired) electrons. The molecule has 22 heavy (non-hydrogen) atoms. The first-order valence-corrected chi connectivity index (χ1v) is 8.72. The van der Waals surface area contributed by atoms with Gasteiger partial charge in [-0.25, -0.2) is 0 Å². The van der Waals surface area contributed by atoms with E-state index >= 15 is 0 Å². The summed E-state index contributed by atoms with van der Waals surface area (Å²) >= 11 is 0. The Morgan fingerprint density at radius 1 is 1.23 bits per heavy atom. The van der Waals surface area contributed by atoms with E-state index in [2.05, 4.69) is 47.3 Å². The number of aromatic amines is 1. The Morgan fingerprint density at radius 2 is 2.05 bits per heavy atom. The number of rotatable bonds is 7. The lowest BCUT2D eigenvalue weighted by Gasteiger charge is -2.31. The van der Waals surface area contributed by atoms with Crippen LogP contribution in [0, 0.1) is 5.92 Å². The van der Waals surface area contributed by atoms with Crippen molar-refractivity contribution in [3.8, 4) is 0 Å². The van der Waals surface area contributed by atoms with E-state index in [4.69, 9.17) is 4.74 Å². The Hall–Kier alpha value is -1.32. The Bertz CT molecular complexity index is 570. The van der Waals surface area contributed by atoms with Crippen LogP contribution >= 0.6 is 0 Å². The van der Waals surface area contributed by atoms with Crippen LogP contribution < -0.4 is 0 Å². The van der Waals surface area contributed by atoms with Crippen LogP contribution in [0.1, 0.15) is 31.7 Å². The van der Waals surface area contributed by atoms with Crippen LogP contribution in [0.25, 0.3) is 10.9 Å². The van der Waals surface area contributed by atoms with E-state index in [-0.39, 0.29) is 0 Å². The third kappa shape index (κ3) is 3.90. The van der Waals surface area contributed by atoms with Crippen molar-refractivity contribution in [1.29, 1.82) is 0 Å². The van der Waals surface area contributed by atoms with Crippen LogP contribution in [-0.4, -0.2) is 42.7 Å². The number of nitrogens with zero attached hydrogens (tertiary/aromatic N) is 1. The van der Waals surface area contributed by atoms with Gasteiger partial charge in [-0.2, -0.15) is 0 Å². The summed E-state index contributed by atoms with van der Waals surface area (Å²) < 4.78 is 5.56. The standard InChI is InChI=1S/C19H28N2O/c1-2-22-15-16-9-12-21(13-10-16)11-5-6-17-14-20-19-8-4-3-7-18(17)19/h3-4,7-8,14,16,20H,2,5-6,9-13,15H2,1H3. The number of aryl methyl sites for hydroxylation is 1. The molecule has 0 atom stereocenters. The predicted octanol–water partition coefficient (Wildman–Crippen LogP) is 3.85. The molecule has 1 aromatic heterocycles. The van der Waals surface area contributed by atoms with Crippen molar-refractivity contribution in [2.75, 3.05) is 32.8 Å². The van der Waals surface area contributed by atoms with Crippen molar-refractivity contribution >= 4 is 10.9 Å². The number of hydrogen-bond acceptors (Lipinski definition) is 2. The molecule has 1 fully saturated rings. The average molecular weight is 300 g/mol. The lowest BCUT2D eigenvalue weighted by atomic mass is 9.97. The molecule has 0 unspecified atom stereocenters. The lowest BCUT2D eigenvalue weighted by Crippen LogP contribution is -2.35. The number of aromatic nitrogens is 1. The summed E-state index contributed by atoms with van der Waals surface area (Å²) in [6.07, 6.45) is 7.19. The molecule has 0 saturated carbocycles. The SMILES string of the molecule is CCOCC1CCN(CCCc2c[nH]c3ccccc23)CC1. The molecular weight excluding hydrogens is 272 g/mol. The van der Waals surface area contributed by atoms with Crippen LogP contribution in [0.5, 0.6) is 0 Å². The minimum Gasteiger partial charge on any atom is -0.381 e. The van der Waals surface area contributed by atoms with Crippen LogP contribution in [0.15, 0.2) is 30.5 Å². The molecule has 0 aliphatic carbocycles. The normalized spacial score (nSPS) is 17.3. The summed E-state index contributed by atoms with van der Waals surface area (Å²) in [6, 6.07) is 8.60. The molecule has 0 spiro atoms. The smallest absolute Gasteiger partial charge is 0.0495 e. The van der Waals surface area contributed by atoms with E-state index in [0.717, 1.165) is 19.1 Å². The molecule has 2 heterocycles. The highest BCUT2D eigenvalue weighted by molar-refractivity contribution is 5.82. The van der Waals surface area contributed by atoms with Gasteiger partial charge >= 0.3 is 0 Å². The van der Waals surface area contributed by atoms with Gasteiger partial charge < -0.3 is 14.6 Å². The van der Waals surface area contributed by atoms with E-state index in [1.165, 1.54) is 61.8 Å². The summed E-state index contributed by atoms with van der Waals surface area (Å²) in [5.41, 5.74) is 2.72. The first-order chi connectivity index (χ1) is 10.9. The molecule has 1 aromatic carbocycles. The predicted molar refractivity (Wildman–Crippen MR) is 92.3 cm³/mol. The van der Waals surface area contributed by atoms with Gasteiger partial charge in [0.05, 0.1) is 0 Å². The average Bonchev–Trinajstić information content (AvgIpc) is 2.98. The molecule has 3 rings (SSSR count). The number of nitrogens with one attached hydrogen (secondary N) is 1. The number of H-pyrrole nitrogens is 1. The van der Waals surface area contributed by atoms with Crippen LogP contribution in [-0.2, 0) is 11.2 Å². The molecule has 3 heteroatoms. The zero-order chi connectivity index (χ0) is 15.2. The molecule has 3 nitrogen and oxygen atoms in total. The van der Waals surface area contributed by atoms with Gasteiger partial charge in [-0.1, -0.05) is 18.2 Å². The van der Waals surface area contributed by atoms with Gasteiger partial charge in [0.1, 0.15) is 0 Å². The molecular formula is C19H28N2O. The maximum Gasteiger partial charge on any atom is 0.0495 e. The fraction of sp³-hybridized carbons (Fsp3) is 0.579. The number of piperidine rings is 1. The first kappa shape index (κ1) is 15.6. The number of fused-ring (bicyclic) bond motifs is 1. The van der Waals surface area contributed by atoms with E-state index in [1.807, 2.05) is 0 Å². The molecule has 0 bridgehead atoms. The van der Waals surface area contributed by atoms with Gasteiger partial charge in [0, 0.05) is 30.3 Å². The van der Waals surface area contributed by atoms with Gasteiger partial charge in [0.25, 0.3) is 0 Å². The number of para-hydroxylation sites is 1. The molecule has 1 saturated heterocycles. The highest BCUT2D eigenvalue weighted by Gasteiger charge is 2.18. The molecule has 0 amide bonds.